The summed E-state index contributed by atoms with van der Waals surface area (Å²) < 4.78 is 33.0. The number of hydrogen-bond acceptors (Lipinski definition) is 8. The number of ether oxygens (including phenoxy) is 3. The van der Waals surface area contributed by atoms with Crippen LogP contribution in [0, 0.1) is 54.3 Å². The van der Waals surface area contributed by atoms with Gasteiger partial charge in [0.25, 0.3) is 0 Å². The van der Waals surface area contributed by atoms with Crippen LogP contribution >= 0.6 is 15.9 Å². The Bertz CT molecular complexity index is 1580. The summed E-state index contributed by atoms with van der Waals surface area (Å²) in [5, 5.41) is 20.1. The zero-order valence-electron chi connectivity index (χ0n) is 25.5. The lowest BCUT2D eigenvalue weighted by atomic mass is 9.93. The predicted octanol–water partition coefficient (Wildman–Crippen LogP) is 7.88. The van der Waals surface area contributed by atoms with E-state index in [-0.39, 0.29) is 33.3 Å². The van der Waals surface area contributed by atoms with E-state index >= 15 is 4.39 Å². The summed E-state index contributed by atoms with van der Waals surface area (Å²) in [4.78, 5) is 31.6. The summed E-state index contributed by atoms with van der Waals surface area (Å²) in [5.74, 6) is -2.35. The maximum Gasteiger partial charge on any atom is 0.347 e. The number of benzene rings is 3. The molecule has 3 aromatic carbocycles. The molecule has 2 N–H and O–H groups in total. The van der Waals surface area contributed by atoms with Gasteiger partial charge in [0.05, 0.1) is 12.7 Å². The van der Waals surface area contributed by atoms with Crippen LogP contribution in [0.5, 0.6) is 28.7 Å². The van der Waals surface area contributed by atoms with Gasteiger partial charge in [0, 0.05) is 27.8 Å². The van der Waals surface area contributed by atoms with Crippen molar-refractivity contribution < 1.29 is 43.4 Å². The van der Waals surface area contributed by atoms with Crippen LogP contribution in [0.1, 0.15) is 84.6 Å². The van der Waals surface area contributed by atoms with E-state index in [1.165, 1.54) is 14.0 Å². The summed E-state index contributed by atoms with van der Waals surface area (Å²) in [6, 6.07) is 0. The number of esters is 2. The van der Waals surface area contributed by atoms with Gasteiger partial charge < -0.3 is 24.2 Å². The van der Waals surface area contributed by atoms with E-state index in [0.717, 1.165) is 0 Å². The van der Waals surface area contributed by atoms with Gasteiger partial charge in [-0.25, -0.2) is 19.2 Å². The lowest BCUT2D eigenvalue weighted by Crippen LogP contribution is -2.20. The Morgan fingerprint density at radius 3 is 1.69 bits per heavy atom. The average molecular weight is 648 g/mol. The Balaban J connectivity index is 2.13. The van der Waals surface area contributed by atoms with Gasteiger partial charge in [-0.3, -0.25) is 0 Å². The molecule has 0 saturated carbocycles. The van der Waals surface area contributed by atoms with Crippen molar-refractivity contribution in [3.05, 3.63) is 71.5 Å². The molecule has 0 aromatic heterocycles. The molecule has 0 fully saturated rings. The minimum atomic E-state index is -0.959. The number of aromatic hydroxyl groups is 1. The summed E-state index contributed by atoms with van der Waals surface area (Å²) in [6.45, 7) is 15.3. The van der Waals surface area contributed by atoms with Gasteiger partial charge in [-0.05, 0) is 99.5 Å². The number of halogens is 2. The first-order valence-corrected chi connectivity index (χ1v) is 14.2. The second kappa shape index (κ2) is 12.7. The van der Waals surface area contributed by atoms with Crippen molar-refractivity contribution in [3.63, 3.8) is 0 Å². The van der Waals surface area contributed by atoms with E-state index in [1.807, 2.05) is 6.92 Å². The van der Waals surface area contributed by atoms with Gasteiger partial charge in [0.2, 0.25) is 0 Å². The third-order valence-corrected chi connectivity index (χ3v) is 8.77. The Labute approximate surface area is 253 Å². The zero-order valence-corrected chi connectivity index (χ0v) is 27.1. The van der Waals surface area contributed by atoms with Crippen molar-refractivity contribution in [1.82, 2.24) is 0 Å². The van der Waals surface area contributed by atoms with Crippen molar-refractivity contribution in [2.45, 2.75) is 75.2 Å². The largest absolute Gasteiger partial charge is 0.506 e. The highest BCUT2D eigenvalue weighted by atomic mass is 79.9. The molecule has 0 aliphatic heterocycles. The van der Waals surface area contributed by atoms with E-state index in [4.69, 9.17) is 14.2 Å². The van der Waals surface area contributed by atoms with Crippen molar-refractivity contribution >= 4 is 27.9 Å². The third-order valence-electron chi connectivity index (χ3n) is 8.04. The normalized spacial score (nSPS) is 11.0. The second-order valence-electron chi connectivity index (χ2n) is 10.2. The van der Waals surface area contributed by atoms with Crippen molar-refractivity contribution in [1.29, 1.82) is 0 Å². The quantitative estimate of drug-likeness (QED) is 0.110. The lowest BCUT2D eigenvalue weighted by molar-refractivity contribution is -0.138. The number of carbonyl (C=O) groups is 2. The molecule has 226 valence electrons. The molecule has 3 rings (SSSR count). The van der Waals surface area contributed by atoms with Crippen LogP contribution in [-0.4, -0.2) is 29.4 Å². The van der Waals surface area contributed by atoms with Gasteiger partial charge >= 0.3 is 11.9 Å². The van der Waals surface area contributed by atoms with Gasteiger partial charge in [0.1, 0.15) is 27.3 Å². The highest BCUT2D eigenvalue weighted by Gasteiger charge is 2.31. The minimum Gasteiger partial charge on any atom is -0.506 e. The van der Waals surface area contributed by atoms with Crippen LogP contribution in [0.25, 0.3) is 0 Å². The lowest BCUT2D eigenvalue weighted by Gasteiger charge is -2.22. The monoisotopic (exact) mass is 646 g/mol. The molecule has 0 heterocycles. The molecule has 0 amide bonds. The Morgan fingerprint density at radius 2 is 1.17 bits per heavy atom. The number of phenols is 1. The van der Waals surface area contributed by atoms with Crippen LogP contribution in [0.3, 0.4) is 0 Å². The fourth-order valence-electron chi connectivity index (χ4n) is 5.41. The fourth-order valence-corrected chi connectivity index (χ4v) is 6.06. The van der Waals surface area contributed by atoms with Gasteiger partial charge in [0.15, 0.2) is 17.3 Å². The van der Waals surface area contributed by atoms with E-state index in [9.17, 15) is 20.0 Å². The third kappa shape index (κ3) is 5.33. The van der Waals surface area contributed by atoms with Gasteiger partial charge in [-0.2, -0.15) is 0 Å². The molecule has 0 aliphatic carbocycles. The number of phenolic OH excluding ortho intramolecular Hbond substituents is 1. The highest BCUT2D eigenvalue weighted by molar-refractivity contribution is 9.10. The predicted molar refractivity (Wildman–Crippen MR) is 160 cm³/mol. The van der Waals surface area contributed by atoms with Crippen LogP contribution < -0.4 is 19.1 Å². The van der Waals surface area contributed by atoms with Crippen molar-refractivity contribution in [3.8, 4) is 28.7 Å². The molecule has 0 atom stereocenters. The maximum absolute atomic E-state index is 16.0. The minimum absolute atomic E-state index is 0.0189. The van der Waals surface area contributed by atoms with Crippen molar-refractivity contribution in [2.75, 3.05) is 7.11 Å². The Kier molecular flexibility index (Phi) is 9.95. The first-order chi connectivity index (χ1) is 19.7. The molecule has 0 spiro atoms. The Hall–Kier alpha value is -3.63. The Morgan fingerprint density at radius 1 is 0.690 bits per heavy atom. The molecule has 3 aromatic rings. The van der Waals surface area contributed by atoms with Gasteiger partial charge in [-0.1, -0.05) is 13.8 Å². The standard InChI is InChI=1S/C32H36BrFO8/c1-11-20-17(7)22(31(36)40-28-16(6)15(5)27(42-38)18(8)21(28)12-2)19(9)25(34)30(20)41-32(37)23-13(3)14(4)29(39-10)24(33)26(23)35/h35,38H,11-12H2,1-10H3. The first-order valence-electron chi connectivity index (χ1n) is 13.4. The first kappa shape index (κ1) is 32.9. The number of carbonyl (C=O) groups excluding carboxylic acids is 2. The molecule has 0 radical (unpaired) electrons. The number of hydrogen-bond donors (Lipinski definition) is 2. The molecule has 0 bridgehead atoms. The van der Waals surface area contributed by atoms with Gasteiger partial charge in [-0.15, -0.1) is 0 Å². The summed E-state index contributed by atoms with van der Waals surface area (Å²) in [5.41, 5.74) is 4.05. The summed E-state index contributed by atoms with van der Waals surface area (Å²) in [7, 11) is 1.44. The zero-order chi connectivity index (χ0) is 31.8. The summed E-state index contributed by atoms with van der Waals surface area (Å²) >= 11 is 3.25. The van der Waals surface area contributed by atoms with Crippen LogP contribution in [0.15, 0.2) is 4.47 Å². The van der Waals surface area contributed by atoms with Crippen LogP contribution in [0.4, 0.5) is 4.39 Å². The smallest absolute Gasteiger partial charge is 0.347 e. The topological polar surface area (TPSA) is 112 Å². The highest BCUT2D eigenvalue weighted by Crippen LogP contribution is 2.43. The summed E-state index contributed by atoms with van der Waals surface area (Å²) in [6.07, 6.45) is 0.725. The molecule has 10 heteroatoms. The second-order valence-corrected chi connectivity index (χ2v) is 10.9. The van der Waals surface area contributed by atoms with E-state index in [1.54, 1.807) is 48.5 Å². The van der Waals surface area contributed by atoms with Crippen LogP contribution in [-0.2, 0) is 12.8 Å². The molecule has 8 nitrogen and oxygen atoms in total. The maximum atomic E-state index is 16.0. The van der Waals surface area contributed by atoms with E-state index in [2.05, 4.69) is 20.8 Å². The molecule has 0 aliphatic rings. The van der Waals surface area contributed by atoms with E-state index in [0.29, 0.717) is 68.2 Å². The SMILES string of the molecule is CCc1c(C)c(OO)c(C)c(C)c1OC(=O)c1c(C)c(F)c(OC(=O)c2c(C)c(C)c(OC)c(Br)c2O)c(CC)c1C. The van der Waals surface area contributed by atoms with Crippen molar-refractivity contribution in [2.24, 2.45) is 0 Å². The van der Waals surface area contributed by atoms with E-state index < -0.39 is 23.5 Å². The molecular weight excluding hydrogens is 611 g/mol. The molecule has 0 unspecified atom stereocenters. The molecule has 42 heavy (non-hydrogen) atoms. The molecular formula is C32H36BrFO8. The number of methoxy groups -OCH3 is 1. The number of rotatable bonds is 8. The molecule has 0 saturated heterocycles. The fraction of sp³-hybridized carbons (Fsp3) is 0.375. The van der Waals surface area contributed by atoms with Crippen LogP contribution in [0.2, 0.25) is 0 Å². The average Bonchev–Trinajstić information content (AvgIpc) is 2.94.